The molecule has 0 radical (unpaired) electrons. The molecule has 1 aliphatic rings. The fourth-order valence-corrected chi connectivity index (χ4v) is 4.47. The van der Waals surface area contributed by atoms with Crippen LogP contribution in [0.5, 0.6) is 0 Å². The maximum atomic E-state index is 10.5. The number of hydrogen-bond donors (Lipinski definition) is 4. The van der Waals surface area contributed by atoms with Gasteiger partial charge in [0.15, 0.2) is 11.6 Å². The molecule has 2 atom stereocenters. The molecule has 0 saturated carbocycles. The molecule has 1 rings (SSSR count). The number of hydrogen-bond acceptors (Lipinski definition) is 7. The third kappa shape index (κ3) is 12.1. The van der Waals surface area contributed by atoms with Crippen molar-refractivity contribution in [1.82, 2.24) is 0 Å². The maximum absolute atomic E-state index is 10.5. The summed E-state index contributed by atoms with van der Waals surface area (Å²) in [6.45, 7) is 5.72. The molecule has 1 saturated heterocycles. The first-order valence-corrected chi connectivity index (χ1v) is 13.0. The van der Waals surface area contributed by atoms with Crippen LogP contribution < -0.4 is 0 Å². The number of aliphatic hydroxyl groups excluding tert-OH is 3. The van der Waals surface area contributed by atoms with Gasteiger partial charge in [0, 0.05) is 25.9 Å². The molecule has 33 heavy (non-hydrogen) atoms. The third-order valence-corrected chi connectivity index (χ3v) is 6.27. The van der Waals surface area contributed by atoms with E-state index in [4.69, 9.17) is 14.2 Å². The average Bonchev–Trinajstić information content (AvgIpc) is 3.22. The van der Waals surface area contributed by atoms with Gasteiger partial charge in [-0.25, -0.2) is 0 Å². The predicted octanol–water partition coefficient (Wildman–Crippen LogP) is 4.21. The Balaban J connectivity index is 2.32. The van der Waals surface area contributed by atoms with E-state index >= 15 is 0 Å². The zero-order valence-electron chi connectivity index (χ0n) is 21.3. The molecule has 0 spiro atoms. The molecule has 0 aromatic carbocycles. The van der Waals surface area contributed by atoms with Gasteiger partial charge in [-0.1, -0.05) is 57.6 Å². The highest BCUT2D eigenvalue weighted by molar-refractivity contribution is 5.02. The van der Waals surface area contributed by atoms with Crippen molar-refractivity contribution in [3.63, 3.8) is 0 Å². The van der Waals surface area contributed by atoms with Crippen molar-refractivity contribution in [2.45, 2.75) is 128 Å². The van der Waals surface area contributed by atoms with E-state index in [2.05, 4.69) is 6.92 Å². The molecule has 196 valence electrons. The first-order valence-electron chi connectivity index (χ1n) is 13.0. The van der Waals surface area contributed by atoms with Crippen molar-refractivity contribution in [2.24, 2.45) is 0 Å². The van der Waals surface area contributed by atoms with Gasteiger partial charge in [0.1, 0.15) is 11.7 Å². The average molecular weight is 475 g/mol. The van der Waals surface area contributed by atoms with Crippen LogP contribution in [0.25, 0.3) is 0 Å². The lowest BCUT2D eigenvalue weighted by molar-refractivity contribution is -0.277. The highest BCUT2D eigenvalue weighted by Gasteiger charge is 2.41. The van der Waals surface area contributed by atoms with E-state index in [1.54, 1.807) is 6.08 Å². The van der Waals surface area contributed by atoms with Crippen molar-refractivity contribution in [3.8, 4) is 0 Å². The normalized spacial score (nSPS) is 19.2. The Morgan fingerprint density at radius 1 is 0.939 bits per heavy atom. The van der Waals surface area contributed by atoms with E-state index < -0.39 is 24.1 Å². The zero-order valence-corrected chi connectivity index (χ0v) is 21.3. The second-order valence-corrected chi connectivity index (χ2v) is 9.84. The molecule has 0 aliphatic carbocycles. The van der Waals surface area contributed by atoms with E-state index in [1.165, 1.54) is 39.5 Å². The largest absolute Gasteiger partial charge is 0.396 e. The van der Waals surface area contributed by atoms with Crippen LogP contribution in [0.3, 0.4) is 0 Å². The summed E-state index contributed by atoms with van der Waals surface area (Å²) in [6.07, 6.45) is 15.6. The Hall–Kier alpha value is -0.540. The summed E-state index contributed by atoms with van der Waals surface area (Å²) >= 11 is 0. The molecule has 1 aliphatic heterocycles. The lowest BCUT2D eigenvalue weighted by atomic mass is 9.92. The minimum absolute atomic E-state index is 0.0174. The highest BCUT2D eigenvalue weighted by Crippen LogP contribution is 2.32. The Bertz CT molecular complexity index is 511. The molecule has 0 bridgehead atoms. The number of allylic oxidation sites excluding steroid dienone is 1. The van der Waals surface area contributed by atoms with Crippen molar-refractivity contribution in [1.29, 1.82) is 0 Å². The van der Waals surface area contributed by atoms with Gasteiger partial charge in [-0.3, -0.25) is 0 Å². The maximum Gasteiger partial charge on any atom is 0.168 e. The monoisotopic (exact) mass is 474 g/mol. The molecule has 7 nitrogen and oxygen atoms in total. The summed E-state index contributed by atoms with van der Waals surface area (Å²) in [7, 11) is 0. The Morgan fingerprint density at radius 3 is 2.03 bits per heavy atom. The molecule has 0 amide bonds. The molecule has 1 fully saturated rings. The van der Waals surface area contributed by atoms with E-state index in [-0.39, 0.29) is 18.8 Å². The number of aliphatic hydroxyl groups is 4. The smallest absolute Gasteiger partial charge is 0.168 e. The lowest BCUT2D eigenvalue weighted by Gasteiger charge is -2.39. The van der Waals surface area contributed by atoms with Gasteiger partial charge >= 0.3 is 0 Å². The minimum Gasteiger partial charge on any atom is -0.396 e. The molecule has 7 heteroatoms. The summed E-state index contributed by atoms with van der Waals surface area (Å²) in [5, 5.41) is 39.6. The minimum atomic E-state index is -1.54. The zero-order chi connectivity index (χ0) is 24.6. The lowest BCUT2D eigenvalue weighted by Crippen LogP contribution is -2.52. The van der Waals surface area contributed by atoms with E-state index in [0.717, 1.165) is 51.4 Å². The summed E-state index contributed by atoms with van der Waals surface area (Å²) in [5.41, 5.74) is -1.43. The SMILES string of the molecule is CCCCCCCC1(CCCCCC/C=C/[C@H](O)[C@@](CO)(CCO)OC(C)(C)O)OCCO1. The molecule has 0 aromatic rings. The van der Waals surface area contributed by atoms with Gasteiger partial charge in [0.05, 0.1) is 19.8 Å². The number of ether oxygens (including phenoxy) is 3. The molecular formula is C26H50O7. The molecule has 0 aromatic heterocycles. The Labute approximate surface area is 201 Å². The van der Waals surface area contributed by atoms with Gasteiger partial charge in [-0.2, -0.15) is 0 Å². The summed E-state index contributed by atoms with van der Waals surface area (Å²) in [5.74, 6) is -1.90. The van der Waals surface area contributed by atoms with Gasteiger partial charge in [0.2, 0.25) is 0 Å². The predicted molar refractivity (Wildman–Crippen MR) is 130 cm³/mol. The van der Waals surface area contributed by atoms with E-state index in [1.807, 2.05) is 6.08 Å². The number of unbranched alkanes of at least 4 members (excludes halogenated alkanes) is 8. The molecule has 0 unspecified atom stereocenters. The first kappa shape index (κ1) is 30.5. The fraction of sp³-hybridized carbons (Fsp3) is 0.923. The van der Waals surface area contributed by atoms with Gasteiger partial charge in [0.25, 0.3) is 0 Å². The standard InChI is InChI=1S/C26H50O7/c1-4-5-6-10-13-16-26(31-20-21-32-26)17-14-11-8-7-9-12-15-23(29)25(22-28,18-19-27)33-24(2,3)30/h12,15,23,27-30H,4-11,13-14,16-22H2,1-3H3/b15-12+/t23-,25-/m0/s1. The van der Waals surface area contributed by atoms with Crippen molar-refractivity contribution < 1.29 is 34.6 Å². The van der Waals surface area contributed by atoms with Crippen molar-refractivity contribution >= 4 is 0 Å². The Kier molecular flexibility index (Phi) is 15.0. The Morgan fingerprint density at radius 2 is 1.52 bits per heavy atom. The van der Waals surface area contributed by atoms with Gasteiger partial charge in [-0.15, -0.1) is 0 Å². The first-order chi connectivity index (χ1) is 15.7. The summed E-state index contributed by atoms with van der Waals surface area (Å²) < 4.78 is 17.5. The molecular weight excluding hydrogens is 424 g/mol. The second-order valence-electron chi connectivity index (χ2n) is 9.84. The number of rotatable bonds is 20. The van der Waals surface area contributed by atoms with Crippen molar-refractivity contribution in [3.05, 3.63) is 12.2 Å². The fourth-order valence-electron chi connectivity index (χ4n) is 4.47. The van der Waals surface area contributed by atoms with Crippen LogP contribution in [-0.2, 0) is 14.2 Å². The van der Waals surface area contributed by atoms with E-state index in [0.29, 0.717) is 13.2 Å². The van der Waals surface area contributed by atoms with E-state index in [9.17, 15) is 20.4 Å². The second kappa shape index (κ2) is 16.2. The van der Waals surface area contributed by atoms with Crippen molar-refractivity contribution in [2.75, 3.05) is 26.4 Å². The van der Waals surface area contributed by atoms with Gasteiger partial charge in [-0.05, 0) is 39.5 Å². The van der Waals surface area contributed by atoms with Gasteiger partial charge < -0.3 is 34.6 Å². The summed E-state index contributed by atoms with van der Waals surface area (Å²) in [4.78, 5) is 0. The van der Waals surface area contributed by atoms with Crippen LogP contribution >= 0.6 is 0 Å². The van der Waals surface area contributed by atoms with Crippen LogP contribution in [0.1, 0.15) is 104 Å². The van der Waals surface area contributed by atoms with Crippen LogP contribution in [0, 0.1) is 0 Å². The topological polar surface area (TPSA) is 109 Å². The summed E-state index contributed by atoms with van der Waals surface area (Å²) in [6, 6.07) is 0. The quantitative estimate of drug-likeness (QED) is 0.119. The highest BCUT2D eigenvalue weighted by atomic mass is 16.7. The van der Waals surface area contributed by atoms with Crippen LogP contribution in [0.4, 0.5) is 0 Å². The van der Waals surface area contributed by atoms with Crippen LogP contribution in [0.15, 0.2) is 12.2 Å². The van der Waals surface area contributed by atoms with Crippen LogP contribution in [-0.4, -0.2) is 70.1 Å². The third-order valence-electron chi connectivity index (χ3n) is 6.27. The molecule has 4 N–H and O–H groups in total. The molecule has 1 heterocycles. The van der Waals surface area contributed by atoms with Crippen LogP contribution in [0.2, 0.25) is 0 Å².